The van der Waals surface area contributed by atoms with Gasteiger partial charge in [-0.1, -0.05) is 30.3 Å². The summed E-state index contributed by atoms with van der Waals surface area (Å²) in [6, 6.07) is 14.2. The number of hydrogen-bond acceptors (Lipinski definition) is 5. The van der Waals surface area contributed by atoms with Gasteiger partial charge in [0.2, 0.25) is 0 Å². The molecule has 1 aliphatic heterocycles. The zero-order valence-corrected chi connectivity index (χ0v) is 14.7. The van der Waals surface area contributed by atoms with Crippen LogP contribution in [0.1, 0.15) is 28.8 Å². The van der Waals surface area contributed by atoms with Crippen LogP contribution in [0.2, 0.25) is 0 Å². The Balaban J connectivity index is 1.71. The highest BCUT2D eigenvalue weighted by molar-refractivity contribution is 9.10. The number of hydrogen-bond donors (Lipinski definition) is 0. The zero-order valence-electron chi connectivity index (χ0n) is 13.1. The van der Waals surface area contributed by atoms with Crippen LogP contribution in [0.3, 0.4) is 0 Å². The average molecular weight is 404 g/mol. The predicted molar refractivity (Wildman–Crippen MR) is 91.4 cm³/mol. The molecular weight excluding hydrogens is 390 g/mol. The molecule has 1 aliphatic rings. The summed E-state index contributed by atoms with van der Waals surface area (Å²) in [5.41, 5.74) is 1.16. The fourth-order valence-electron chi connectivity index (χ4n) is 2.27. The number of rotatable bonds is 5. The Morgan fingerprint density at radius 2 is 1.72 bits per heavy atom. The fraction of sp³-hybridized carbons (Fsp3) is 0.167. The third kappa shape index (κ3) is 4.06. The van der Waals surface area contributed by atoms with Crippen molar-refractivity contribution >= 4 is 33.7 Å². The topological polar surface area (TPSA) is 72.9 Å². The first kappa shape index (κ1) is 17.2. The number of imide groups is 1. The molecule has 2 amide bonds. The van der Waals surface area contributed by atoms with Crippen LogP contribution in [-0.4, -0.2) is 22.8 Å². The van der Waals surface area contributed by atoms with Crippen molar-refractivity contribution in [2.24, 2.45) is 0 Å². The van der Waals surface area contributed by atoms with Gasteiger partial charge in [0.15, 0.2) is 0 Å². The maximum atomic E-state index is 12.2. The zero-order chi connectivity index (χ0) is 17.8. The van der Waals surface area contributed by atoms with Gasteiger partial charge in [-0.2, -0.15) is 0 Å². The first-order valence-electron chi connectivity index (χ1n) is 7.59. The van der Waals surface area contributed by atoms with E-state index in [1.807, 2.05) is 30.3 Å². The minimum absolute atomic E-state index is 0.0535. The van der Waals surface area contributed by atoms with Gasteiger partial charge >= 0.3 is 5.97 Å². The molecule has 0 saturated carbocycles. The Bertz CT molecular complexity index is 805. The van der Waals surface area contributed by atoms with Gasteiger partial charge in [0, 0.05) is 12.8 Å². The van der Waals surface area contributed by atoms with Crippen molar-refractivity contribution in [3.63, 3.8) is 0 Å². The number of halogens is 1. The van der Waals surface area contributed by atoms with Crippen molar-refractivity contribution in [1.82, 2.24) is 5.06 Å². The van der Waals surface area contributed by atoms with E-state index in [0.29, 0.717) is 21.9 Å². The number of carbonyl (C=O) groups excluding carboxylic acids is 3. The molecule has 1 saturated heterocycles. The van der Waals surface area contributed by atoms with Crippen LogP contribution in [0.25, 0.3) is 0 Å². The molecule has 3 rings (SSSR count). The van der Waals surface area contributed by atoms with E-state index in [2.05, 4.69) is 15.9 Å². The van der Waals surface area contributed by atoms with Crippen LogP contribution < -0.4 is 4.74 Å². The van der Waals surface area contributed by atoms with Crippen LogP contribution in [0.5, 0.6) is 5.75 Å². The van der Waals surface area contributed by atoms with E-state index in [9.17, 15) is 14.4 Å². The van der Waals surface area contributed by atoms with Gasteiger partial charge < -0.3 is 9.57 Å². The summed E-state index contributed by atoms with van der Waals surface area (Å²) < 4.78 is 6.40. The quantitative estimate of drug-likeness (QED) is 0.716. The predicted octanol–water partition coefficient (Wildman–Crippen LogP) is 3.25. The van der Waals surface area contributed by atoms with Crippen molar-refractivity contribution < 1.29 is 24.0 Å². The number of hydroxylamine groups is 2. The lowest BCUT2D eigenvalue weighted by Gasteiger charge is -2.14. The molecular formula is C18H14BrNO5. The summed E-state index contributed by atoms with van der Waals surface area (Å²) in [4.78, 5) is 40.1. The second kappa shape index (κ2) is 7.48. The molecule has 0 bridgehead atoms. The SMILES string of the molecule is O=C(ON1C(=O)CCC1=O)c1ccc(Br)c(OCc2ccccc2)c1. The van der Waals surface area contributed by atoms with Crippen molar-refractivity contribution in [1.29, 1.82) is 0 Å². The first-order valence-corrected chi connectivity index (χ1v) is 8.38. The molecule has 0 spiro atoms. The molecule has 25 heavy (non-hydrogen) atoms. The van der Waals surface area contributed by atoms with Crippen molar-refractivity contribution in [2.75, 3.05) is 0 Å². The summed E-state index contributed by atoms with van der Waals surface area (Å²) in [5.74, 6) is -1.37. The van der Waals surface area contributed by atoms with Gasteiger partial charge in [0.05, 0.1) is 10.0 Å². The van der Waals surface area contributed by atoms with Crippen LogP contribution in [0.15, 0.2) is 53.0 Å². The van der Waals surface area contributed by atoms with Crippen LogP contribution in [0.4, 0.5) is 0 Å². The number of ether oxygens (including phenoxy) is 1. The average Bonchev–Trinajstić information content (AvgIpc) is 2.94. The maximum absolute atomic E-state index is 12.2. The summed E-state index contributed by atoms with van der Waals surface area (Å²) in [5, 5.41) is 0.523. The number of carbonyl (C=O) groups is 3. The lowest BCUT2D eigenvalue weighted by Crippen LogP contribution is -2.32. The van der Waals surface area contributed by atoms with Gasteiger partial charge in [0.25, 0.3) is 11.8 Å². The highest BCUT2D eigenvalue weighted by Crippen LogP contribution is 2.27. The monoisotopic (exact) mass is 403 g/mol. The lowest BCUT2D eigenvalue weighted by atomic mass is 10.2. The van der Waals surface area contributed by atoms with Crippen LogP contribution in [0, 0.1) is 0 Å². The Hall–Kier alpha value is -2.67. The Kier molecular flexibility index (Phi) is 5.14. The van der Waals surface area contributed by atoms with E-state index in [1.165, 1.54) is 12.1 Å². The first-order chi connectivity index (χ1) is 12.0. The van der Waals surface area contributed by atoms with Crippen LogP contribution >= 0.6 is 15.9 Å². The third-order valence-electron chi connectivity index (χ3n) is 3.58. The molecule has 1 heterocycles. The molecule has 0 N–H and O–H groups in total. The Morgan fingerprint density at radius 3 is 2.40 bits per heavy atom. The highest BCUT2D eigenvalue weighted by Gasteiger charge is 2.33. The standard InChI is InChI=1S/C18H14BrNO5/c19-14-7-6-13(18(23)25-20-16(21)8-9-17(20)22)10-15(14)24-11-12-4-2-1-3-5-12/h1-7,10H,8-9,11H2. The van der Waals surface area contributed by atoms with Gasteiger partial charge in [-0.05, 0) is 39.7 Å². The van der Waals surface area contributed by atoms with Crippen molar-refractivity contribution in [2.45, 2.75) is 19.4 Å². The molecule has 1 fully saturated rings. The summed E-state index contributed by atoms with van der Waals surface area (Å²) >= 11 is 3.36. The van der Waals surface area contributed by atoms with E-state index in [4.69, 9.17) is 9.57 Å². The smallest absolute Gasteiger partial charge is 0.364 e. The van der Waals surface area contributed by atoms with Gasteiger partial charge in [-0.25, -0.2) is 4.79 Å². The number of benzene rings is 2. The Morgan fingerprint density at radius 1 is 1.04 bits per heavy atom. The minimum Gasteiger partial charge on any atom is -0.488 e. The molecule has 7 heteroatoms. The minimum atomic E-state index is -0.791. The number of amides is 2. The normalized spacial score (nSPS) is 13.9. The molecule has 2 aromatic rings. The lowest BCUT2D eigenvalue weighted by molar-refractivity contribution is -0.172. The van der Waals surface area contributed by atoms with Gasteiger partial charge in [0.1, 0.15) is 12.4 Å². The molecule has 128 valence electrons. The summed E-state index contributed by atoms with van der Waals surface area (Å²) in [6.07, 6.45) is 0.107. The van der Waals surface area contributed by atoms with Crippen molar-refractivity contribution in [3.8, 4) is 5.75 Å². The summed E-state index contributed by atoms with van der Waals surface area (Å²) in [6.45, 7) is 0.334. The van der Waals surface area contributed by atoms with Crippen LogP contribution in [-0.2, 0) is 21.0 Å². The van der Waals surface area contributed by atoms with E-state index >= 15 is 0 Å². The maximum Gasteiger partial charge on any atom is 0.364 e. The molecule has 6 nitrogen and oxygen atoms in total. The Labute approximate surface area is 152 Å². The second-order valence-electron chi connectivity index (χ2n) is 5.38. The van der Waals surface area contributed by atoms with E-state index < -0.39 is 17.8 Å². The van der Waals surface area contributed by atoms with Gasteiger partial charge in [-0.3, -0.25) is 9.59 Å². The highest BCUT2D eigenvalue weighted by atomic mass is 79.9. The second-order valence-corrected chi connectivity index (χ2v) is 6.23. The van der Waals surface area contributed by atoms with Crippen molar-refractivity contribution in [3.05, 3.63) is 64.1 Å². The third-order valence-corrected chi connectivity index (χ3v) is 4.24. The summed E-state index contributed by atoms with van der Waals surface area (Å²) in [7, 11) is 0. The molecule has 0 radical (unpaired) electrons. The molecule has 0 aromatic heterocycles. The molecule has 2 aromatic carbocycles. The fourth-order valence-corrected chi connectivity index (χ4v) is 2.63. The molecule has 0 aliphatic carbocycles. The van der Waals surface area contributed by atoms with E-state index in [0.717, 1.165) is 5.56 Å². The van der Waals surface area contributed by atoms with E-state index in [-0.39, 0.29) is 18.4 Å². The molecule has 0 unspecified atom stereocenters. The molecule has 0 atom stereocenters. The van der Waals surface area contributed by atoms with Gasteiger partial charge in [-0.15, -0.1) is 5.06 Å². The van der Waals surface area contributed by atoms with E-state index in [1.54, 1.807) is 6.07 Å². The number of nitrogens with zero attached hydrogens (tertiary/aromatic N) is 1. The largest absolute Gasteiger partial charge is 0.488 e.